The number of rotatable bonds is 10. The monoisotopic (exact) mass is 724 g/mol. The molecule has 2 N–H and O–H groups in total. The van der Waals surface area contributed by atoms with Gasteiger partial charge < -0.3 is 34.1 Å². The number of benzene rings is 3. The number of pyridine rings is 1. The predicted molar refractivity (Wildman–Crippen MR) is 200 cm³/mol. The molecule has 0 radical (unpaired) electrons. The summed E-state index contributed by atoms with van der Waals surface area (Å²) in [6.07, 6.45) is 0. The van der Waals surface area contributed by atoms with Gasteiger partial charge in [0, 0.05) is 82.6 Å². The third-order valence-corrected chi connectivity index (χ3v) is 10.7. The average Bonchev–Trinajstić information content (AvgIpc) is 3.45. The van der Waals surface area contributed by atoms with Gasteiger partial charge in [-0.2, -0.15) is 9.97 Å². The number of carbonyl (C=O) groups is 1. The van der Waals surface area contributed by atoms with Crippen molar-refractivity contribution in [2.24, 2.45) is 7.05 Å². The summed E-state index contributed by atoms with van der Waals surface area (Å²) in [6.45, 7) is 7.46. The molecule has 14 nitrogen and oxygen atoms in total. The molecular weight excluding hydrogens is 685 g/mol. The largest absolute Gasteiger partial charge is 0.508 e. The van der Waals surface area contributed by atoms with Gasteiger partial charge in [-0.15, -0.1) is 16.7 Å². The molecule has 5 aromatic rings. The zero-order valence-corrected chi connectivity index (χ0v) is 30.2. The van der Waals surface area contributed by atoms with Gasteiger partial charge in [0.1, 0.15) is 28.4 Å². The third kappa shape index (κ3) is 7.20. The van der Waals surface area contributed by atoms with Crippen LogP contribution in [-0.4, -0.2) is 104 Å². The summed E-state index contributed by atoms with van der Waals surface area (Å²) in [7, 11) is 5.25. The number of nitrogens with zero attached hydrogens (tertiary/aromatic N) is 8. The standard InChI is InChI=1S/C37H40N8O6S/c1-5-43-16-18-44(19-17-43)22-31-33(49)45(34(52-31)27-15-12-24(46)20-29(27)47)23-10-13-25(14-11-23)50-36-38-35(41(2)3)39-37(40-36)51-30-21-32(48)42(4)28-9-7-6-8-26(28)30/h6-15,20-21,31,34,46-47H,5,16-19,22H2,1-4H3. The minimum Gasteiger partial charge on any atom is -0.508 e. The van der Waals surface area contributed by atoms with Crippen LogP contribution in [0.15, 0.2) is 77.6 Å². The van der Waals surface area contributed by atoms with Crippen LogP contribution in [-0.2, 0) is 11.8 Å². The first kappa shape index (κ1) is 35.0. The highest BCUT2D eigenvalue weighted by atomic mass is 32.2. The zero-order valence-electron chi connectivity index (χ0n) is 29.3. The first-order valence-electron chi connectivity index (χ1n) is 17.0. The van der Waals surface area contributed by atoms with Crippen molar-refractivity contribution in [3.63, 3.8) is 0 Å². The van der Waals surface area contributed by atoms with Crippen molar-refractivity contribution >= 4 is 40.2 Å². The van der Waals surface area contributed by atoms with E-state index in [4.69, 9.17) is 9.47 Å². The number of para-hydroxylation sites is 1. The Hall–Kier alpha value is -5.38. The Balaban J connectivity index is 1.14. The highest BCUT2D eigenvalue weighted by molar-refractivity contribution is 8.01. The number of aromatic nitrogens is 4. The van der Waals surface area contributed by atoms with Crippen LogP contribution in [0.25, 0.3) is 10.9 Å². The Bertz CT molecular complexity index is 2160. The van der Waals surface area contributed by atoms with Crippen molar-refractivity contribution < 1.29 is 24.5 Å². The minimum atomic E-state index is -0.515. The van der Waals surface area contributed by atoms with Gasteiger partial charge in [0.05, 0.1) is 10.8 Å². The number of piperazine rings is 1. The summed E-state index contributed by atoms with van der Waals surface area (Å²) in [6, 6.07) is 20.1. The molecule has 2 aliphatic rings. The van der Waals surface area contributed by atoms with Gasteiger partial charge in [-0.3, -0.25) is 19.4 Å². The van der Waals surface area contributed by atoms with E-state index in [2.05, 4.69) is 31.7 Å². The Morgan fingerprint density at radius 3 is 2.25 bits per heavy atom. The number of hydrogen-bond acceptors (Lipinski definition) is 13. The van der Waals surface area contributed by atoms with Gasteiger partial charge in [-0.1, -0.05) is 19.1 Å². The third-order valence-electron chi connectivity index (χ3n) is 9.28. The zero-order chi connectivity index (χ0) is 36.5. The number of hydrogen-bond donors (Lipinski definition) is 2. The van der Waals surface area contributed by atoms with Gasteiger partial charge >= 0.3 is 12.0 Å². The maximum absolute atomic E-state index is 14.1. The van der Waals surface area contributed by atoms with Gasteiger partial charge in [0.25, 0.3) is 5.56 Å². The van der Waals surface area contributed by atoms with Gasteiger partial charge in [0.15, 0.2) is 0 Å². The first-order valence-corrected chi connectivity index (χ1v) is 17.9. The van der Waals surface area contributed by atoms with Gasteiger partial charge in [0.2, 0.25) is 11.9 Å². The lowest BCUT2D eigenvalue weighted by molar-refractivity contribution is -0.118. The van der Waals surface area contributed by atoms with Crippen LogP contribution < -0.4 is 24.8 Å². The average molecular weight is 725 g/mol. The molecule has 0 bridgehead atoms. The van der Waals surface area contributed by atoms with Crippen LogP contribution >= 0.6 is 11.8 Å². The molecule has 2 atom stereocenters. The van der Waals surface area contributed by atoms with E-state index in [1.54, 1.807) is 61.3 Å². The SMILES string of the molecule is CCN1CCN(CC2SC(c3ccc(O)cc3O)N(c3ccc(Oc4nc(Oc5cc(=O)n(C)c6ccccc56)nc(N(C)C)n4)cc3)C2=O)CC1. The van der Waals surface area contributed by atoms with E-state index in [1.165, 1.54) is 34.5 Å². The molecule has 3 aromatic carbocycles. The Morgan fingerprint density at radius 2 is 1.56 bits per heavy atom. The number of anilines is 2. The highest BCUT2D eigenvalue weighted by Crippen LogP contribution is 2.49. The first-order chi connectivity index (χ1) is 25.1. The Labute approximate surface area is 304 Å². The molecule has 270 valence electrons. The summed E-state index contributed by atoms with van der Waals surface area (Å²) in [5.74, 6) is 0.781. The van der Waals surface area contributed by atoms with E-state index in [9.17, 15) is 19.8 Å². The summed E-state index contributed by atoms with van der Waals surface area (Å²) in [4.78, 5) is 48.1. The second-order valence-corrected chi connectivity index (χ2v) is 14.2. The molecule has 2 fully saturated rings. The molecule has 2 unspecified atom stereocenters. The lowest BCUT2D eigenvalue weighted by Gasteiger charge is -2.34. The van der Waals surface area contributed by atoms with Crippen LogP contribution in [0.1, 0.15) is 17.9 Å². The maximum atomic E-state index is 14.1. The maximum Gasteiger partial charge on any atom is 0.330 e. The molecule has 4 heterocycles. The van der Waals surface area contributed by atoms with Crippen molar-refractivity contribution in [2.45, 2.75) is 17.5 Å². The molecule has 2 aliphatic heterocycles. The number of phenolic OH excluding ortho intramolecular Hbond substituents is 2. The molecular formula is C37H40N8O6S. The second-order valence-electron chi connectivity index (χ2n) is 12.9. The fourth-order valence-corrected chi connectivity index (χ4v) is 7.90. The fraction of sp³-hybridized carbons (Fsp3) is 0.324. The number of aryl methyl sites for hydroxylation is 1. The highest BCUT2D eigenvalue weighted by Gasteiger charge is 2.43. The van der Waals surface area contributed by atoms with Crippen molar-refractivity contribution in [3.8, 4) is 35.0 Å². The van der Waals surface area contributed by atoms with E-state index < -0.39 is 5.37 Å². The summed E-state index contributed by atoms with van der Waals surface area (Å²) in [5, 5.41) is 20.6. The number of carbonyl (C=O) groups excluding carboxylic acids is 1. The van der Waals surface area contributed by atoms with E-state index in [0.29, 0.717) is 40.2 Å². The number of amides is 1. The van der Waals surface area contributed by atoms with Crippen molar-refractivity contribution in [2.75, 3.05) is 63.2 Å². The Kier molecular flexibility index (Phi) is 9.90. The van der Waals surface area contributed by atoms with Crippen LogP contribution in [0.4, 0.5) is 11.6 Å². The molecule has 7 rings (SSSR count). The van der Waals surface area contributed by atoms with E-state index in [1.807, 2.05) is 24.3 Å². The molecule has 15 heteroatoms. The number of phenols is 2. The quantitative estimate of drug-likeness (QED) is 0.207. The van der Waals surface area contributed by atoms with Crippen LogP contribution in [0.3, 0.4) is 0 Å². The van der Waals surface area contributed by atoms with Gasteiger partial charge in [-0.05, 0) is 55.1 Å². The molecule has 2 saturated heterocycles. The van der Waals surface area contributed by atoms with Crippen molar-refractivity contribution in [1.82, 2.24) is 29.3 Å². The molecule has 0 spiro atoms. The van der Waals surface area contributed by atoms with E-state index >= 15 is 0 Å². The summed E-state index contributed by atoms with van der Waals surface area (Å²) in [5.41, 5.74) is 1.60. The fourth-order valence-electron chi connectivity index (χ4n) is 6.37. The normalized spacial score (nSPS) is 18.2. The predicted octanol–water partition coefficient (Wildman–Crippen LogP) is 4.57. The minimum absolute atomic E-state index is 0.0301. The van der Waals surface area contributed by atoms with Crippen molar-refractivity contribution in [1.29, 1.82) is 0 Å². The number of ether oxygens (including phenoxy) is 2. The molecule has 2 aromatic heterocycles. The lowest BCUT2D eigenvalue weighted by atomic mass is 10.1. The van der Waals surface area contributed by atoms with E-state index in [-0.39, 0.29) is 46.2 Å². The van der Waals surface area contributed by atoms with E-state index in [0.717, 1.165) is 32.7 Å². The van der Waals surface area contributed by atoms with Gasteiger partial charge in [-0.25, -0.2) is 0 Å². The van der Waals surface area contributed by atoms with Crippen LogP contribution in [0.5, 0.6) is 35.0 Å². The topological polar surface area (TPSA) is 150 Å². The van der Waals surface area contributed by atoms with Crippen LogP contribution in [0.2, 0.25) is 0 Å². The number of fused-ring (bicyclic) bond motifs is 1. The molecule has 0 saturated carbocycles. The Morgan fingerprint density at radius 1 is 0.865 bits per heavy atom. The number of likely N-dealkylation sites (N-methyl/N-ethyl adjacent to an activating group) is 1. The molecule has 52 heavy (non-hydrogen) atoms. The lowest BCUT2D eigenvalue weighted by Crippen LogP contribution is -2.49. The van der Waals surface area contributed by atoms with Crippen molar-refractivity contribution in [3.05, 3.63) is 88.7 Å². The number of thioether (sulfide) groups is 1. The van der Waals surface area contributed by atoms with Crippen LogP contribution in [0, 0.1) is 0 Å². The summed E-state index contributed by atoms with van der Waals surface area (Å²) < 4.78 is 13.7. The summed E-state index contributed by atoms with van der Waals surface area (Å²) >= 11 is 1.49. The number of aromatic hydroxyl groups is 2. The second kappa shape index (κ2) is 14.7. The molecule has 0 aliphatic carbocycles. The molecule has 1 amide bonds. The smallest absolute Gasteiger partial charge is 0.330 e.